The molecule has 3 nitrogen and oxygen atoms in total. The molecule has 0 N–H and O–H groups in total. The van der Waals surface area contributed by atoms with Gasteiger partial charge in [-0.3, -0.25) is 0 Å². The molecule has 126 valence electrons. The average Bonchev–Trinajstić information content (AvgIpc) is 2.92. The molecule has 3 aromatic heterocycles. The van der Waals surface area contributed by atoms with Crippen LogP contribution in [0.1, 0.15) is 37.9 Å². The van der Waals surface area contributed by atoms with Crippen molar-refractivity contribution >= 4 is 22.1 Å². The fraction of sp³-hybridized carbons (Fsp3) is 0.273. The van der Waals surface area contributed by atoms with E-state index in [1.54, 1.807) is 0 Å². The SMILES string of the molecule is [2H]C(C)(C)c1cc[n+](C)c(-c2c(C)ccc3c2oc2nc(C)ccc23)c1. The number of aryl methyl sites for hydroxylation is 3. The standard InChI is InChI=1S/C22H23N2O/c1-13(2)16-10-11-24(5)19(12-16)20-14(3)6-8-17-18-9-7-15(4)23-22(18)25-21(17)20/h6-13H,1-5H3/q+1/i13D. The molecular formula is C22H23N2O+. The molecule has 0 bridgehead atoms. The molecule has 0 aliphatic heterocycles. The predicted octanol–water partition coefficient (Wildman–Crippen LogP) is 5.21. The molecular weight excluding hydrogens is 308 g/mol. The zero-order valence-corrected chi connectivity index (χ0v) is 15.3. The molecule has 0 atom stereocenters. The van der Waals surface area contributed by atoms with Gasteiger partial charge in [0.25, 0.3) is 0 Å². The zero-order valence-electron chi connectivity index (χ0n) is 16.3. The van der Waals surface area contributed by atoms with Gasteiger partial charge in [-0.25, -0.2) is 9.55 Å². The van der Waals surface area contributed by atoms with Gasteiger partial charge in [-0.1, -0.05) is 26.0 Å². The van der Waals surface area contributed by atoms with Crippen molar-refractivity contribution in [2.24, 2.45) is 7.05 Å². The van der Waals surface area contributed by atoms with Crippen LogP contribution in [0.2, 0.25) is 0 Å². The van der Waals surface area contributed by atoms with Crippen molar-refractivity contribution in [3.05, 3.63) is 59.4 Å². The molecule has 0 spiro atoms. The van der Waals surface area contributed by atoms with Crippen LogP contribution < -0.4 is 4.57 Å². The van der Waals surface area contributed by atoms with Gasteiger partial charge in [-0.2, -0.15) is 0 Å². The van der Waals surface area contributed by atoms with Gasteiger partial charge in [-0.15, -0.1) is 0 Å². The van der Waals surface area contributed by atoms with Crippen molar-refractivity contribution in [1.82, 2.24) is 4.98 Å². The summed E-state index contributed by atoms with van der Waals surface area (Å²) in [5, 5.41) is 2.11. The number of hydrogen-bond donors (Lipinski definition) is 0. The second kappa shape index (κ2) is 5.69. The van der Waals surface area contributed by atoms with Gasteiger partial charge in [-0.05, 0) is 43.0 Å². The third-order valence-electron chi connectivity index (χ3n) is 4.84. The van der Waals surface area contributed by atoms with Crippen LogP contribution in [0.4, 0.5) is 0 Å². The zero-order chi connectivity index (χ0) is 18.6. The van der Waals surface area contributed by atoms with Gasteiger partial charge >= 0.3 is 0 Å². The molecule has 0 amide bonds. The molecule has 0 radical (unpaired) electrons. The topological polar surface area (TPSA) is 29.9 Å². The van der Waals surface area contributed by atoms with Gasteiger partial charge in [0, 0.05) is 30.0 Å². The molecule has 3 heterocycles. The van der Waals surface area contributed by atoms with Crippen LogP contribution in [-0.2, 0) is 7.05 Å². The largest absolute Gasteiger partial charge is 0.437 e. The first-order chi connectivity index (χ1) is 12.3. The summed E-state index contributed by atoms with van der Waals surface area (Å²) in [6.45, 7) is 7.89. The van der Waals surface area contributed by atoms with E-state index in [0.29, 0.717) is 5.71 Å². The summed E-state index contributed by atoms with van der Waals surface area (Å²) in [4.78, 5) is 4.55. The van der Waals surface area contributed by atoms with Crippen molar-refractivity contribution in [3.8, 4) is 11.3 Å². The van der Waals surface area contributed by atoms with Crippen LogP contribution >= 0.6 is 0 Å². The number of benzene rings is 1. The lowest BCUT2D eigenvalue weighted by molar-refractivity contribution is -0.660. The van der Waals surface area contributed by atoms with Crippen molar-refractivity contribution < 1.29 is 10.4 Å². The third kappa shape index (κ3) is 2.51. The fourth-order valence-corrected chi connectivity index (χ4v) is 3.36. The Labute approximate surface area is 149 Å². The van der Waals surface area contributed by atoms with Crippen molar-refractivity contribution in [2.75, 3.05) is 0 Å². The van der Waals surface area contributed by atoms with E-state index in [9.17, 15) is 0 Å². The molecule has 0 saturated heterocycles. The lowest BCUT2D eigenvalue weighted by Crippen LogP contribution is -2.31. The van der Waals surface area contributed by atoms with Gasteiger partial charge in [0.2, 0.25) is 11.4 Å². The van der Waals surface area contributed by atoms with E-state index in [-0.39, 0.29) is 0 Å². The Kier molecular flexibility index (Phi) is 3.34. The molecule has 1 aromatic carbocycles. The van der Waals surface area contributed by atoms with E-state index in [2.05, 4.69) is 40.7 Å². The molecule has 0 aliphatic carbocycles. The molecule has 4 aromatic rings. The summed E-state index contributed by atoms with van der Waals surface area (Å²) in [6, 6.07) is 12.4. The van der Waals surface area contributed by atoms with E-state index in [0.717, 1.165) is 44.4 Å². The normalized spacial score (nSPS) is 12.8. The molecule has 25 heavy (non-hydrogen) atoms. The second-order valence-corrected chi connectivity index (χ2v) is 6.95. The van der Waals surface area contributed by atoms with E-state index < -0.39 is 5.89 Å². The summed E-state index contributed by atoms with van der Waals surface area (Å²) in [5.41, 5.74) is 6.70. The van der Waals surface area contributed by atoms with Crippen LogP contribution in [0.5, 0.6) is 0 Å². The summed E-state index contributed by atoms with van der Waals surface area (Å²) < 4.78 is 16.7. The highest BCUT2D eigenvalue weighted by atomic mass is 16.3. The molecule has 0 fully saturated rings. The van der Waals surface area contributed by atoms with E-state index in [1.165, 1.54) is 0 Å². The summed E-state index contributed by atoms with van der Waals surface area (Å²) in [5.74, 6) is -0.655. The van der Waals surface area contributed by atoms with Crippen LogP contribution in [0.3, 0.4) is 0 Å². The second-order valence-electron chi connectivity index (χ2n) is 6.95. The molecule has 0 saturated carbocycles. The summed E-state index contributed by atoms with van der Waals surface area (Å²) in [7, 11) is 2.03. The van der Waals surface area contributed by atoms with Crippen molar-refractivity contribution in [2.45, 2.75) is 33.6 Å². The van der Waals surface area contributed by atoms with E-state index >= 15 is 0 Å². The molecule has 0 unspecified atom stereocenters. The highest BCUT2D eigenvalue weighted by Crippen LogP contribution is 2.36. The Bertz CT molecular complexity index is 1150. The Morgan fingerprint density at radius 3 is 2.60 bits per heavy atom. The van der Waals surface area contributed by atoms with E-state index in [1.807, 2.05) is 46.1 Å². The number of pyridine rings is 2. The van der Waals surface area contributed by atoms with Crippen molar-refractivity contribution in [3.63, 3.8) is 0 Å². The number of fused-ring (bicyclic) bond motifs is 3. The maximum Gasteiger partial charge on any atom is 0.227 e. The average molecular weight is 332 g/mol. The quantitative estimate of drug-likeness (QED) is 0.471. The van der Waals surface area contributed by atoms with Gasteiger partial charge < -0.3 is 4.42 Å². The molecule has 3 heteroatoms. The van der Waals surface area contributed by atoms with Gasteiger partial charge in [0.1, 0.15) is 7.05 Å². The maximum atomic E-state index is 8.39. The minimum atomic E-state index is -0.655. The summed E-state index contributed by atoms with van der Waals surface area (Å²) >= 11 is 0. The first-order valence-electron chi connectivity index (χ1n) is 9.06. The number of nitrogens with zero attached hydrogens (tertiary/aromatic N) is 2. The van der Waals surface area contributed by atoms with Gasteiger partial charge in [0.15, 0.2) is 11.8 Å². The van der Waals surface area contributed by atoms with Crippen LogP contribution in [0, 0.1) is 13.8 Å². The Hall–Kier alpha value is -2.68. The van der Waals surface area contributed by atoms with Crippen molar-refractivity contribution in [1.29, 1.82) is 0 Å². The van der Waals surface area contributed by atoms with Gasteiger partial charge in [0.05, 0.1) is 5.56 Å². The Morgan fingerprint density at radius 2 is 1.84 bits per heavy atom. The van der Waals surface area contributed by atoms with Crippen LogP contribution in [0.25, 0.3) is 33.3 Å². The van der Waals surface area contributed by atoms with Crippen LogP contribution in [0.15, 0.2) is 47.0 Å². The fourth-order valence-electron chi connectivity index (χ4n) is 3.36. The summed E-state index contributed by atoms with van der Waals surface area (Å²) in [6.07, 6.45) is 2.02. The minimum Gasteiger partial charge on any atom is -0.437 e. The Morgan fingerprint density at radius 1 is 1.08 bits per heavy atom. The highest BCUT2D eigenvalue weighted by Gasteiger charge is 2.21. The monoisotopic (exact) mass is 332 g/mol. The Balaban J connectivity index is 2.09. The predicted molar refractivity (Wildman–Crippen MR) is 102 cm³/mol. The lowest BCUT2D eigenvalue weighted by atomic mass is 9.97. The highest BCUT2D eigenvalue weighted by molar-refractivity contribution is 6.08. The first-order valence-corrected chi connectivity index (χ1v) is 8.56. The lowest BCUT2D eigenvalue weighted by Gasteiger charge is -2.09. The first kappa shape index (κ1) is 14.6. The molecule has 4 rings (SSSR count). The number of hydrogen-bond acceptors (Lipinski definition) is 2. The van der Waals surface area contributed by atoms with E-state index in [4.69, 9.17) is 5.79 Å². The maximum absolute atomic E-state index is 8.39. The number of aromatic nitrogens is 2. The number of rotatable bonds is 2. The minimum absolute atomic E-state index is 0.655. The van der Waals surface area contributed by atoms with Crippen LogP contribution in [-0.4, -0.2) is 4.98 Å². The third-order valence-corrected chi connectivity index (χ3v) is 4.84. The number of furan rings is 1. The molecule has 0 aliphatic rings. The smallest absolute Gasteiger partial charge is 0.227 e.